The monoisotopic (exact) mass is 387 g/mol. The summed E-state index contributed by atoms with van der Waals surface area (Å²) in [6, 6.07) is 10.3. The third-order valence-electron chi connectivity index (χ3n) is 3.96. The third kappa shape index (κ3) is 6.06. The molecule has 1 saturated heterocycles. The van der Waals surface area contributed by atoms with Crippen LogP contribution in [0.3, 0.4) is 0 Å². The Hall–Kier alpha value is -1.14. The molecule has 24 heavy (non-hydrogen) atoms. The molecule has 1 aromatic heterocycles. The minimum Gasteiger partial charge on any atom is -0.316 e. The highest BCUT2D eigenvalue weighted by atomic mass is 35.5. The van der Waals surface area contributed by atoms with Crippen molar-refractivity contribution in [2.75, 3.05) is 18.4 Å². The zero-order valence-corrected chi connectivity index (χ0v) is 16.0. The minimum atomic E-state index is 0. The van der Waals surface area contributed by atoms with Gasteiger partial charge in [0.2, 0.25) is 5.91 Å². The van der Waals surface area contributed by atoms with Gasteiger partial charge in [-0.15, -0.1) is 24.8 Å². The van der Waals surface area contributed by atoms with Gasteiger partial charge < -0.3 is 10.6 Å². The minimum absolute atomic E-state index is 0. The lowest BCUT2D eigenvalue weighted by Gasteiger charge is -2.09. The summed E-state index contributed by atoms with van der Waals surface area (Å²) in [7, 11) is 0. The van der Waals surface area contributed by atoms with Crippen molar-refractivity contribution in [1.29, 1.82) is 0 Å². The van der Waals surface area contributed by atoms with Gasteiger partial charge in [0.25, 0.3) is 0 Å². The van der Waals surface area contributed by atoms with Crippen molar-refractivity contribution in [3.8, 4) is 0 Å². The molecule has 0 saturated carbocycles. The molecule has 2 heterocycles. The Morgan fingerprint density at radius 2 is 2.00 bits per heavy atom. The van der Waals surface area contributed by atoms with Crippen LogP contribution in [0.1, 0.15) is 23.2 Å². The van der Waals surface area contributed by atoms with Gasteiger partial charge in [-0.1, -0.05) is 24.3 Å². The SMILES string of the molecule is Cc1cc(NC(=O)Cc2ccc(CC3CCNC3)cc2)sn1.Cl.Cl. The number of aromatic nitrogens is 1. The Morgan fingerprint density at radius 1 is 1.29 bits per heavy atom. The Balaban J connectivity index is 0.00000144. The number of nitrogens with one attached hydrogen (secondary N) is 2. The maximum atomic E-state index is 12.0. The molecule has 1 aliphatic rings. The lowest BCUT2D eigenvalue weighted by molar-refractivity contribution is -0.115. The first-order valence-electron chi connectivity index (χ1n) is 7.71. The largest absolute Gasteiger partial charge is 0.316 e. The van der Waals surface area contributed by atoms with E-state index in [1.54, 1.807) is 0 Å². The second kappa shape index (κ2) is 9.99. The quantitative estimate of drug-likeness (QED) is 0.823. The van der Waals surface area contributed by atoms with Gasteiger partial charge in [-0.05, 0) is 67.5 Å². The molecule has 0 spiro atoms. The van der Waals surface area contributed by atoms with E-state index in [-0.39, 0.29) is 30.7 Å². The molecule has 2 aromatic rings. The van der Waals surface area contributed by atoms with Gasteiger partial charge in [-0.3, -0.25) is 4.79 Å². The highest BCUT2D eigenvalue weighted by Gasteiger charge is 2.14. The number of carbonyl (C=O) groups is 1. The fourth-order valence-corrected chi connectivity index (χ4v) is 3.48. The van der Waals surface area contributed by atoms with E-state index in [1.165, 1.54) is 23.5 Å². The molecule has 0 aliphatic carbocycles. The summed E-state index contributed by atoms with van der Waals surface area (Å²) in [5.74, 6) is 0.764. The molecular formula is C17H23Cl2N3OS. The second-order valence-corrected chi connectivity index (χ2v) is 6.74. The van der Waals surface area contributed by atoms with Crippen LogP contribution in [-0.2, 0) is 17.6 Å². The van der Waals surface area contributed by atoms with E-state index in [1.807, 2.05) is 13.0 Å². The van der Waals surface area contributed by atoms with Crippen LogP contribution in [0.25, 0.3) is 0 Å². The number of amides is 1. The number of hydrogen-bond donors (Lipinski definition) is 2. The maximum Gasteiger partial charge on any atom is 0.229 e. The number of anilines is 1. The Kier molecular flexibility index (Phi) is 8.70. The van der Waals surface area contributed by atoms with E-state index in [9.17, 15) is 4.79 Å². The van der Waals surface area contributed by atoms with E-state index in [2.05, 4.69) is 39.3 Å². The van der Waals surface area contributed by atoms with Crippen molar-refractivity contribution in [2.45, 2.75) is 26.2 Å². The Bertz CT molecular complexity index is 640. The summed E-state index contributed by atoms with van der Waals surface area (Å²) < 4.78 is 4.16. The topological polar surface area (TPSA) is 54.0 Å². The lowest BCUT2D eigenvalue weighted by atomic mass is 9.97. The van der Waals surface area contributed by atoms with Gasteiger partial charge in [0.15, 0.2) is 0 Å². The van der Waals surface area contributed by atoms with Crippen molar-refractivity contribution < 1.29 is 4.79 Å². The van der Waals surface area contributed by atoms with Gasteiger partial charge in [-0.2, -0.15) is 4.37 Å². The summed E-state index contributed by atoms with van der Waals surface area (Å²) in [5.41, 5.74) is 3.34. The average Bonchev–Trinajstić information content (AvgIpc) is 3.13. The van der Waals surface area contributed by atoms with E-state index < -0.39 is 0 Å². The predicted molar refractivity (Wildman–Crippen MR) is 105 cm³/mol. The van der Waals surface area contributed by atoms with E-state index in [0.29, 0.717) is 6.42 Å². The summed E-state index contributed by atoms with van der Waals surface area (Å²) in [5, 5.41) is 7.10. The van der Waals surface area contributed by atoms with Gasteiger partial charge >= 0.3 is 0 Å². The first-order valence-corrected chi connectivity index (χ1v) is 8.48. The molecule has 0 bridgehead atoms. The molecule has 1 atom stereocenters. The van der Waals surface area contributed by atoms with Crippen molar-refractivity contribution in [3.63, 3.8) is 0 Å². The van der Waals surface area contributed by atoms with Crippen LogP contribution in [0, 0.1) is 12.8 Å². The molecule has 1 aromatic carbocycles. The highest BCUT2D eigenvalue weighted by molar-refractivity contribution is 7.10. The van der Waals surface area contributed by atoms with Crippen LogP contribution in [0.15, 0.2) is 30.3 Å². The number of carbonyl (C=O) groups excluding carboxylic acids is 1. The zero-order valence-electron chi connectivity index (χ0n) is 13.6. The molecule has 1 fully saturated rings. The van der Waals surface area contributed by atoms with Gasteiger partial charge in [0, 0.05) is 0 Å². The molecule has 7 heteroatoms. The van der Waals surface area contributed by atoms with Gasteiger partial charge in [0.1, 0.15) is 5.00 Å². The fraction of sp³-hybridized carbons (Fsp3) is 0.412. The van der Waals surface area contributed by atoms with Crippen molar-refractivity contribution in [3.05, 3.63) is 47.2 Å². The number of nitrogens with zero attached hydrogens (tertiary/aromatic N) is 1. The van der Waals surface area contributed by atoms with Crippen LogP contribution < -0.4 is 10.6 Å². The van der Waals surface area contributed by atoms with Crippen LogP contribution >= 0.6 is 36.3 Å². The molecular weight excluding hydrogens is 365 g/mol. The highest BCUT2D eigenvalue weighted by Crippen LogP contribution is 2.17. The summed E-state index contributed by atoms with van der Waals surface area (Å²) in [6.45, 7) is 4.18. The first-order chi connectivity index (χ1) is 10.7. The molecule has 1 amide bonds. The van der Waals surface area contributed by atoms with Crippen molar-refractivity contribution in [2.24, 2.45) is 5.92 Å². The van der Waals surface area contributed by atoms with Crippen LogP contribution in [0.2, 0.25) is 0 Å². The van der Waals surface area contributed by atoms with E-state index in [4.69, 9.17) is 0 Å². The van der Waals surface area contributed by atoms with E-state index >= 15 is 0 Å². The zero-order chi connectivity index (χ0) is 15.4. The van der Waals surface area contributed by atoms with Crippen LogP contribution in [-0.4, -0.2) is 23.4 Å². The smallest absolute Gasteiger partial charge is 0.229 e. The van der Waals surface area contributed by atoms with Crippen molar-refractivity contribution in [1.82, 2.24) is 9.69 Å². The number of hydrogen-bond acceptors (Lipinski definition) is 4. The summed E-state index contributed by atoms with van der Waals surface area (Å²) in [6.07, 6.45) is 2.79. The van der Waals surface area contributed by atoms with Gasteiger partial charge in [0.05, 0.1) is 12.1 Å². The number of rotatable bonds is 5. The molecule has 1 aliphatic heterocycles. The maximum absolute atomic E-state index is 12.0. The number of benzene rings is 1. The molecule has 0 radical (unpaired) electrons. The molecule has 132 valence electrons. The van der Waals surface area contributed by atoms with Gasteiger partial charge in [-0.25, -0.2) is 0 Å². The predicted octanol–water partition coefficient (Wildman–Crippen LogP) is 3.63. The second-order valence-electron chi connectivity index (χ2n) is 5.94. The average molecular weight is 388 g/mol. The van der Waals surface area contributed by atoms with Crippen molar-refractivity contribution >= 4 is 47.3 Å². The fourth-order valence-electron chi connectivity index (χ4n) is 2.80. The van der Waals surface area contributed by atoms with Crippen LogP contribution in [0.5, 0.6) is 0 Å². The standard InChI is InChI=1S/C17H21N3OS.2ClH/c1-12-8-17(22-20-12)19-16(21)10-14-4-2-13(3-5-14)9-15-6-7-18-11-15;;/h2-5,8,15,18H,6-7,9-11H2,1H3,(H,19,21);2*1H. The molecule has 2 N–H and O–H groups in total. The van der Waals surface area contributed by atoms with E-state index in [0.717, 1.165) is 41.7 Å². The Morgan fingerprint density at radius 3 is 2.58 bits per heavy atom. The molecule has 4 nitrogen and oxygen atoms in total. The number of aryl methyl sites for hydroxylation is 1. The Labute approximate surface area is 159 Å². The third-order valence-corrected chi connectivity index (χ3v) is 4.76. The normalized spacial score (nSPS) is 16.1. The molecule has 3 rings (SSSR count). The number of halogens is 2. The molecule has 1 unspecified atom stereocenters. The lowest BCUT2D eigenvalue weighted by Crippen LogP contribution is -2.13. The summed E-state index contributed by atoms with van der Waals surface area (Å²) in [4.78, 5) is 12.0. The van der Waals surface area contributed by atoms with Crippen LogP contribution in [0.4, 0.5) is 5.00 Å². The first kappa shape index (κ1) is 20.9. The summed E-state index contributed by atoms with van der Waals surface area (Å²) >= 11 is 1.32.